The second-order valence-electron chi connectivity index (χ2n) is 6.16. The van der Waals surface area contributed by atoms with Crippen molar-refractivity contribution in [3.05, 3.63) is 46.4 Å². The van der Waals surface area contributed by atoms with Gasteiger partial charge in [0.25, 0.3) is 5.56 Å². The van der Waals surface area contributed by atoms with E-state index in [0.717, 1.165) is 18.5 Å². The lowest BCUT2D eigenvalue weighted by atomic mass is 10.2. The van der Waals surface area contributed by atoms with Crippen molar-refractivity contribution in [3.63, 3.8) is 0 Å². The van der Waals surface area contributed by atoms with E-state index in [4.69, 9.17) is 0 Å². The summed E-state index contributed by atoms with van der Waals surface area (Å²) < 4.78 is 3.30. The van der Waals surface area contributed by atoms with Crippen LogP contribution in [0.4, 0.5) is 10.5 Å². The number of hydrogen-bond donors (Lipinski definition) is 2. The molecule has 1 aromatic carbocycles. The van der Waals surface area contributed by atoms with Gasteiger partial charge in [-0.15, -0.1) is 0 Å². The Balaban J connectivity index is 1.85. The van der Waals surface area contributed by atoms with Gasteiger partial charge in [0, 0.05) is 13.1 Å². The van der Waals surface area contributed by atoms with Crippen molar-refractivity contribution in [3.8, 4) is 5.69 Å². The van der Waals surface area contributed by atoms with Crippen molar-refractivity contribution in [2.75, 3.05) is 5.32 Å². The first kappa shape index (κ1) is 15.4. The molecule has 1 atom stereocenters. The Morgan fingerprint density at radius 1 is 1.26 bits per heavy atom. The van der Waals surface area contributed by atoms with E-state index in [0.29, 0.717) is 17.3 Å². The number of nitrogens with one attached hydrogen (secondary N) is 2. The molecular formula is C17H22N4O2. The van der Waals surface area contributed by atoms with Gasteiger partial charge in [0.2, 0.25) is 0 Å². The number of nitrogens with zero attached hydrogens (tertiary/aromatic N) is 2. The molecule has 0 bridgehead atoms. The summed E-state index contributed by atoms with van der Waals surface area (Å²) >= 11 is 0. The number of rotatable bonds is 4. The summed E-state index contributed by atoms with van der Waals surface area (Å²) in [4.78, 5) is 24.8. The maximum Gasteiger partial charge on any atom is 0.319 e. The second kappa shape index (κ2) is 5.95. The summed E-state index contributed by atoms with van der Waals surface area (Å²) in [7, 11) is 1.81. The highest BCUT2D eigenvalue weighted by Gasteiger charge is 2.29. The zero-order valence-corrected chi connectivity index (χ0v) is 13.7. The van der Waals surface area contributed by atoms with E-state index in [1.54, 1.807) is 16.4 Å². The fourth-order valence-corrected chi connectivity index (χ4v) is 2.78. The Labute approximate surface area is 135 Å². The van der Waals surface area contributed by atoms with E-state index in [-0.39, 0.29) is 17.6 Å². The predicted octanol–water partition coefficient (Wildman–Crippen LogP) is 2.40. The molecule has 3 rings (SSSR count). The predicted molar refractivity (Wildman–Crippen MR) is 90.1 cm³/mol. The van der Waals surface area contributed by atoms with Gasteiger partial charge < -0.3 is 10.6 Å². The molecule has 1 fully saturated rings. The zero-order chi connectivity index (χ0) is 16.6. The third kappa shape index (κ3) is 3.02. The molecule has 0 saturated heterocycles. The Morgan fingerprint density at radius 2 is 1.91 bits per heavy atom. The molecule has 1 saturated carbocycles. The van der Waals surface area contributed by atoms with Gasteiger partial charge >= 0.3 is 6.03 Å². The van der Waals surface area contributed by atoms with Crippen molar-refractivity contribution in [1.82, 2.24) is 14.7 Å². The monoisotopic (exact) mass is 314 g/mol. The molecule has 23 heavy (non-hydrogen) atoms. The molecule has 1 aliphatic rings. The maximum atomic E-state index is 12.7. The largest absolute Gasteiger partial charge is 0.335 e. The van der Waals surface area contributed by atoms with Gasteiger partial charge in [-0.2, -0.15) is 0 Å². The van der Waals surface area contributed by atoms with Crippen molar-refractivity contribution in [2.45, 2.75) is 32.7 Å². The Kier molecular flexibility index (Phi) is 3.98. The first-order valence-electron chi connectivity index (χ1n) is 7.90. The molecule has 0 radical (unpaired) electrons. The third-order valence-corrected chi connectivity index (χ3v) is 4.48. The molecule has 2 aromatic rings. The van der Waals surface area contributed by atoms with Gasteiger partial charge in [-0.1, -0.05) is 18.2 Å². The highest BCUT2D eigenvalue weighted by Crippen LogP contribution is 2.32. The molecule has 0 aliphatic heterocycles. The summed E-state index contributed by atoms with van der Waals surface area (Å²) in [6.07, 6.45) is 2.32. The Morgan fingerprint density at radius 3 is 2.52 bits per heavy atom. The van der Waals surface area contributed by atoms with Crippen LogP contribution >= 0.6 is 0 Å². The fraction of sp³-hybridized carbons (Fsp3) is 0.412. The normalized spacial score (nSPS) is 15.3. The zero-order valence-electron chi connectivity index (χ0n) is 13.7. The molecular weight excluding hydrogens is 292 g/mol. The molecule has 1 heterocycles. The summed E-state index contributed by atoms with van der Waals surface area (Å²) in [5, 5.41) is 5.62. The second-order valence-corrected chi connectivity index (χ2v) is 6.16. The van der Waals surface area contributed by atoms with Crippen molar-refractivity contribution in [2.24, 2.45) is 13.0 Å². The minimum absolute atomic E-state index is 0.135. The number of hydrogen-bond acceptors (Lipinski definition) is 2. The lowest BCUT2D eigenvalue weighted by Crippen LogP contribution is -2.38. The van der Waals surface area contributed by atoms with Crippen LogP contribution in [0.3, 0.4) is 0 Å². The molecule has 0 spiro atoms. The number of aromatic nitrogens is 2. The van der Waals surface area contributed by atoms with Gasteiger partial charge in [-0.3, -0.25) is 9.48 Å². The van der Waals surface area contributed by atoms with Gasteiger partial charge in [-0.25, -0.2) is 9.48 Å². The number of anilines is 1. The average Bonchev–Trinajstić information content (AvgIpc) is 3.35. The molecule has 122 valence electrons. The van der Waals surface area contributed by atoms with E-state index in [1.807, 2.05) is 44.2 Å². The molecule has 2 amide bonds. The summed E-state index contributed by atoms with van der Waals surface area (Å²) in [5.41, 5.74) is 1.57. The quantitative estimate of drug-likeness (QED) is 0.910. The van der Waals surface area contributed by atoms with E-state index < -0.39 is 0 Å². The van der Waals surface area contributed by atoms with Gasteiger partial charge in [0.05, 0.1) is 11.4 Å². The van der Waals surface area contributed by atoms with Gasteiger partial charge in [-0.05, 0) is 44.7 Å². The summed E-state index contributed by atoms with van der Waals surface area (Å²) in [5.74, 6) is 0.568. The van der Waals surface area contributed by atoms with Crippen LogP contribution in [0.15, 0.2) is 35.1 Å². The lowest BCUT2D eigenvalue weighted by Gasteiger charge is -2.13. The number of urea groups is 1. The van der Waals surface area contributed by atoms with Crippen molar-refractivity contribution < 1.29 is 4.79 Å². The first-order chi connectivity index (χ1) is 11.0. The number of amides is 2. The lowest BCUT2D eigenvalue weighted by molar-refractivity contribution is 0.248. The van der Waals surface area contributed by atoms with Crippen LogP contribution in [-0.4, -0.2) is 21.4 Å². The molecule has 6 heteroatoms. The van der Waals surface area contributed by atoms with Gasteiger partial charge in [0.1, 0.15) is 5.69 Å². The van der Waals surface area contributed by atoms with Gasteiger partial charge in [0.15, 0.2) is 0 Å². The van der Waals surface area contributed by atoms with Crippen LogP contribution in [0, 0.1) is 12.8 Å². The number of carbonyl (C=O) groups excluding carboxylic acids is 1. The van der Waals surface area contributed by atoms with Crippen LogP contribution in [0.5, 0.6) is 0 Å². The standard InChI is InChI=1S/C17H22N4O2/c1-11(13-9-10-13)18-17(23)19-15-12(2)20(3)21(16(15)22)14-7-5-4-6-8-14/h4-8,11,13H,9-10H2,1-3H3,(H2,18,19,23)/t11-/m0/s1. The summed E-state index contributed by atoms with van der Waals surface area (Å²) in [6.45, 7) is 3.82. The van der Waals surface area contributed by atoms with E-state index in [9.17, 15) is 9.59 Å². The highest BCUT2D eigenvalue weighted by molar-refractivity contribution is 5.90. The van der Waals surface area contributed by atoms with Crippen LogP contribution < -0.4 is 16.2 Å². The SMILES string of the molecule is Cc1c(NC(=O)N[C@@H](C)C2CC2)c(=O)n(-c2ccccc2)n1C. The first-order valence-corrected chi connectivity index (χ1v) is 7.90. The van der Waals surface area contributed by atoms with E-state index in [1.165, 1.54) is 0 Å². The van der Waals surface area contributed by atoms with Crippen LogP contribution in [-0.2, 0) is 7.05 Å². The van der Waals surface area contributed by atoms with Crippen molar-refractivity contribution in [1.29, 1.82) is 0 Å². The number of carbonyl (C=O) groups is 1. The van der Waals surface area contributed by atoms with Crippen LogP contribution in [0.1, 0.15) is 25.5 Å². The molecule has 6 nitrogen and oxygen atoms in total. The third-order valence-electron chi connectivity index (χ3n) is 4.48. The minimum atomic E-state index is -0.324. The molecule has 1 aliphatic carbocycles. The number of benzene rings is 1. The molecule has 1 aromatic heterocycles. The Bertz CT molecular complexity index is 772. The minimum Gasteiger partial charge on any atom is -0.335 e. The van der Waals surface area contributed by atoms with Crippen LogP contribution in [0.25, 0.3) is 5.69 Å². The van der Waals surface area contributed by atoms with Crippen LogP contribution in [0.2, 0.25) is 0 Å². The smallest absolute Gasteiger partial charge is 0.319 e. The molecule has 2 N–H and O–H groups in total. The number of para-hydroxylation sites is 1. The van der Waals surface area contributed by atoms with E-state index in [2.05, 4.69) is 10.6 Å². The maximum absolute atomic E-state index is 12.7. The van der Waals surface area contributed by atoms with E-state index >= 15 is 0 Å². The summed E-state index contributed by atoms with van der Waals surface area (Å²) in [6, 6.07) is 9.18. The highest BCUT2D eigenvalue weighted by atomic mass is 16.2. The average molecular weight is 314 g/mol. The Hall–Kier alpha value is -2.50. The molecule has 0 unspecified atom stereocenters. The topological polar surface area (TPSA) is 68.1 Å². The van der Waals surface area contributed by atoms with Crippen molar-refractivity contribution >= 4 is 11.7 Å². The fourth-order valence-electron chi connectivity index (χ4n) is 2.78.